The molecule has 1 saturated heterocycles. The topological polar surface area (TPSA) is 38.8 Å². The van der Waals surface area contributed by atoms with E-state index in [0.29, 0.717) is 13.2 Å². The third kappa shape index (κ3) is 2.74. The van der Waals surface area contributed by atoms with E-state index < -0.39 is 5.60 Å². The van der Waals surface area contributed by atoms with Gasteiger partial charge in [-0.05, 0) is 27.2 Å². The zero-order valence-electron chi connectivity index (χ0n) is 10.9. The molecule has 0 spiro atoms. The largest absolute Gasteiger partial charge is 0.375 e. The molecule has 1 amide bonds. The molecule has 2 atom stereocenters. The van der Waals surface area contributed by atoms with Crippen LogP contribution in [0.5, 0.6) is 0 Å². The van der Waals surface area contributed by atoms with Crippen molar-refractivity contribution in [3.8, 4) is 0 Å². The van der Waals surface area contributed by atoms with Crippen LogP contribution in [0.3, 0.4) is 0 Å². The standard InChI is InChI=1S/C12H23NO3/c1-6-10-8-16-9(2)7-13(10)11(14)12(3,4)15-5/h9-10H,6-8H2,1-5H3. The van der Waals surface area contributed by atoms with Crippen molar-refractivity contribution >= 4 is 5.91 Å². The van der Waals surface area contributed by atoms with Crippen molar-refractivity contribution in [2.45, 2.75) is 51.9 Å². The first-order valence-corrected chi connectivity index (χ1v) is 5.90. The first kappa shape index (κ1) is 13.5. The quantitative estimate of drug-likeness (QED) is 0.735. The number of amides is 1. The maximum absolute atomic E-state index is 12.3. The monoisotopic (exact) mass is 229 g/mol. The predicted molar refractivity (Wildman–Crippen MR) is 62.3 cm³/mol. The highest BCUT2D eigenvalue weighted by Gasteiger charge is 2.37. The van der Waals surface area contributed by atoms with Gasteiger partial charge >= 0.3 is 0 Å². The lowest BCUT2D eigenvalue weighted by Crippen LogP contribution is -2.57. The molecular weight excluding hydrogens is 206 g/mol. The van der Waals surface area contributed by atoms with E-state index in [-0.39, 0.29) is 18.1 Å². The van der Waals surface area contributed by atoms with Gasteiger partial charge in [0.1, 0.15) is 5.60 Å². The minimum Gasteiger partial charge on any atom is -0.375 e. The summed E-state index contributed by atoms with van der Waals surface area (Å²) < 4.78 is 10.8. The second-order valence-electron chi connectivity index (χ2n) is 4.88. The van der Waals surface area contributed by atoms with Gasteiger partial charge in [0.15, 0.2) is 0 Å². The van der Waals surface area contributed by atoms with Gasteiger partial charge in [0.2, 0.25) is 0 Å². The number of carbonyl (C=O) groups excluding carboxylic acids is 1. The average Bonchev–Trinajstić information content (AvgIpc) is 2.28. The highest BCUT2D eigenvalue weighted by atomic mass is 16.5. The first-order chi connectivity index (χ1) is 7.42. The van der Waals surface area contributed by atoms with Crippen molar-refractivity contribution in [3.63, 3.8) is 0 Å². The molecule has 16 heavy (non-hydrogen) atoms. The van der Waals surface area contributed by atoms with Gasteiger partial charge in [-0.2, -0.15) is 0 Å². The minimum absolute atomic E-state index is 0.0528. The molecule has 1 fully saturated rings. The SMILES string of the molecule is CCC1COC(C)CN1C(=O)C(C)(C)OC. The molecule has 4 nitrogen and oxygen atoms in total. The Morgan fingerprint density at radius 2 is 2.19 bits per heavy atom. The fraction of sp³-hybridized carbons (Fsp3) is 0.917. The van der Waals surface area contributed by atoms with E-state index in [1.165, 1.54) is 0 Å². The van der Waals surface area contributed by atoms with E-state index >= 15 is 0 Å². The van der Waals surface area contributed by atoms with E-state index in [2.05, 4.69) is 6.92 Å². The normalized spacial score (nSPS) is 26.9. The molecule has 1 aliphatic heterocycles. The van der Waals surface area contributed by atoms with Crippen molar-refractivity contribution in [1.82, 2.24) is 4.90 Å². The number of methoxy groups -OCH3 is 1. The van der Waals surface area contributed by atoms with E-state index in [1.807, 2.05) is 25.7 Å². The molecule has 0 aromatic carbocycles. The summed E-state index contributed by atoms with van der Waals surface area (Å²) in [4.78, 5) is 14.2. The Balaban J connectivity index is 2.78. The van der Waals surface area contributed by atoms with Crippen LogP contribution in [-0.2, 0) is 14.3 Å². The third-order valence-electron chi connectivity index (χ3n) is 3.23. The van der Waals surface area contributed by atoms with Gasteiger partial charge in [-0.25, -0.2) is 0 Å². The van der Waals surface area contributed by atoms with E-state index in [4.69, 9.17) is 9.47 Å². The van der Waals surface area contributed by atoms with Crippen LogP contribution in [0.2, 0.25) is 0 Å². The molecule has 0 radical (unpaired) electrons. The van der Waals surface area contributed by atoms with Crippen LogP contribution in [0.25, 0.3) is 0 Å². The first-order valence-electron chi connectivity index (χ1n) is 5.90. The summed E-state index contributed by atoms with van der Waals surface area (Å²) in [5, 5.41) is 0. The van der Waals surface area contributed by atoms with Gasteiger partial charge in [0, 0.05) is 13.7 Å². The fourth-order valence-corrected chi connectivity index (χ4v) is 1.86. The van der Waals surface area contributed by atoms with Gasteiger partial charge in [0.25, 0.3) is 5.91 Å². The summed E-state index contributed by atoms with van der Waals surface area (Å²) >= 11 is 0. The van der Waals surface area contributed by atoms with Gasteiger partial charge in [0.05, 0.1) is 18.8 Å². The number of hydrogen-bond acceptors (Lipinski definition) is 3. The number of nitrogens with zero attached hydrogens (tertiary/aromatic N) is 1. The summed E-state index contributed by atoms with van der Waals surface area (Å²) in [7, 11) is 1.57. The molecule has 0 bridgehead atoms. The van der Waals surface area contributed by atoms with Crippen molar-refractivity contribution in [3.05, 3.63) is 0 Å². The summed E-state index contributed by atoms with van der Waals surface area (Å²) in [6.45, 7) is 8.97. The molecule has 1 rings (SSSR count). The number of carbonyl (C=O) groups is 1. The van der Waals surface area contributed by atoms with Crippen LogP contribution in [-0.4, -0.2) is 48.8 Å². The Morgan fingerprint density at radius 3 is 2.69 bits per heavy atom. The Labute approximate surface area is 97.9 Å². The molecule has 0 N–H and O–H groups in total. The lowest BCUT2D eigenvalue weighted by Gasteiger charge is -2.41. The summed E-state index contributed by atoms with van der Waals surface area (Å²) in [5.41, 5.74) is -0.746. The van der Waals surface area contributed by atoms with E-state index in [0.717, 1.165) is 6.42 Å². The zero-order chi connectivity index (χ0) is 12.3. The highest BCUT2D eigenvalue weighted by Crippen LogP contribution is 2.20. The minimum atomic E-state index is -0.746. The Kier molecular flexibility index (Phi) is 4.33. The molecule has 0 aliphatic carbocycles. The maximum Gasteiger partial charge on any atom is 0.254 e. The number of ether oxygens (including phenoxy) is 2. The van der Waals surface area contributed by atoms with Gasteiger partial charge in [-0.3, -0.25) is 4.79 Å². The third-order valence-corrected chi connectivity index (χ3v) is 3.23. The lowest BCUT2D eigenvalue weighted by molar-refractivity contribution is -0.163. The second kappa shape index (κ2) is 5.15. The molecule has 4 heteroatoms. The van der Waals surface area contributed by atoms with Crippen molar-refractivity contribution in [2.75, 3.05) is 20.3 Å². The zero-order valence-corrected chi connectivity index (χ0v) is 10.9. The molecule has 1 heterocycles. The molecular formula is C12H23NO3. The predicted octanol–water partition coefficient (Wildman–Crippen LogP) is 1.44. The number of rotatable bonds is 3. The summed E-state index contributed by atoms with van der Waals surface area (Å²) in [6, 6.07) is 0.179. The Bertz CT molecular complexity index is 253. The Hall–Kier alpha value is -0.610. The second-order valence-corrected chi connectivity index (χ2v) is 4.88. The average molecular weight is 229 g/mol. The van der Waals surface area contributed by atoms with Crippen LogP contribution in [0.1, 0.15) is 34.1 Å². The van der Waals surface area contributed by atoms with Crippen molar-refractivity contribution in [1.29, 1.82) is 0 Å². The molecule has 0 aromatic heterocycles. The van der Waals surface area contributed by atoms with Crippen LogP contribution in [0.4, 0.5) is 0 Å². The van der Waals surface area contributed by atoms with Crippen LogP contribution in [0.15, 0.2) is 0 Å². The number of hydrogen-bond donors (Lipinski definition) is 0. The molecule has 1 aliphatic rings. The fourth-order valence-electron chi connectivity index (χ4n) is 1.86. The molecule has 2 unspecified atom stereocenters. The van der Waals surface area contributed by atoms with E-state index in [1.54, 1.807) is 7.11 Å². The molecule has 0 saturated carbocycles. The smallest absolute Gasteiger partial charge is 0.254 e. The van der Waals surface area contributed by atoms with Crippen molar-refractivity contribution < 1.29 is 14.3 Å². The van der Waals surface area contributed by atoms with Crippen LogP contribution < -0.4 is 0 Å². The lowest BCUT2D eigenvalue weighted by atomic mass is 10.0. The van der Waals surface area contributed by atoms with Crippen LogP contribution in [0, 0.1) is 0 Å². The van der Waals surface area contributed by atoms with Gasteiger partial charge < -0.3 is 14.4 Å². The van der Waals surface area contributed by atoms with Crippen LogP contribution >= 0.6 is 0 Å². The van der Waals surface area contributed by atoms with Gasteiger partial charge in [-0.15, -0.1) is 0 Å². The van der Waals surface area contributed by atoms with Gasteiger partial charge in [-0.1, -0.05) is 6.92 Å². The maximum atomic E-state index is 12.3. The van der Waals surface area contributed by atoms with E-state index in [9.17, 15) is 4.79 Å². The highest BCUT2D eigenvalue weighted by molar-refractivity contribution is 5.84. The van der Waals surface area contributed by atoms with Crippen molar-refractivity contribution in [2.24, 2.45) is 0 Å². The Morgan fingerprint density at radius 1 is 1.56 bits per heavy atom. The number of morpholine rings is 1. The summed E-state index contributed by atoms with van der Waals surface area (Å²) in [5.74, 6) is 0.0528. The molecule has 94 valence electrons. The summed E-state index contributed by atoms with van der Waals surface area (Å²) in [6.07, 6.45) is 1.03. The molecule has 0 aromatic rings.